The second-order valence-electron chi connectivity index (χ2n) is 5.48. The zero-order valence-corrected chi connectivity index (χ0v) is 11.5. The van der Waals surface area contributed by atoms with E-state index in [2.05, 4.69) is 6.92 Å². The summed E-state index contributed by atoms with van der Waals surface area (Å²) in [6.45, 7) is 2.29. The van der Waals surface area contributed by atoms with Crippen molar-refractivity contribution >= 4 is 0 Å². The van der Waals surface area contributed by atoms with Crippen LogP contribution in [-0.2, 0) is 0 Å². The van der Waals surface area contributed by atoms with E-state index in [-0.39, 0.29) is 11.5 Å². The SMILES string of the molecule is COc1cc(OC)cc(C(N)C2(C)CCCC2)c1. The fourth-order valence-electron chi connectivity index (χ4n) is 2.91. The molecule has 0 saturated heterocycles. The van der Waals surface area contributed by atoms with Crippen LogP contribution in [0.25, 0.3) is 0 Å². The second kappa shape index (κ2) is 5.19. The smallest absolute Gasteiger partial charge is 0.122 e. The molecular weight excluding hydrogens is 226 g/mol. The van der Waals surface area contributed by atoms with Gasteiger partial charge in [0.2, 0.25) is 0 Å². The lowest BCUT2D eigenvalue weighted by molar-refractivity contribution is 0.264. The highest BCUT2D eigenvalue weighted by Gasteiger charge is 2.35. The zero-order valence-electron chi connectivity index (χ0n) is 11.5. The second-order valence-corrected chi connectivity index (χ2v) is 5.48. The monoisotopic (exact) mass is 249 g/mol. The summed E-state index contributed by atoms with van der Waals surface area (Å²) in [5.41, 5.74) is 7.78. The molecule has 1 saturated carbocycles. The summed E-state index contributed by atoms with van der Waals surface area (Å²) in [6, 6.07) is 5.98. The molecule has 2 rings (SSSR count). The molecule has 0 bridgehead atoms. The van der Waals surface area contributed by atoms with Gasteiger partial charge in [0.1, 0.15) is 11.5 Å². The molecule has 1 aromatic carbocycles. The third kappa shape index (κ3) is 2.46. The standard InChI is InChI=1S/C15H23NO2/c1-15(6-4-5-7-15)14(16)11-8-12(17-2)10-13(9-11)18-3/h8-10,14H,4-7,16H2,1-3H3. The first-order valence-corrected chi connectivity index (χ1v) is 6.57. The molecule has 0 heterocycles. The molecule has 1 aromatic rings. The van der Waals surface area contributed by atoms with E-state index in [0.29, 0.717) is 0 Å². The third-order valence-electron chi connectivity index (χ3n) is 4.23. The molecule has 1 aliphatic rings. The maximum absolute atomic E-state index is 6.47. The first kappa shape index (κ1) is 13.2. The minimum atomic E-state index is 0.0454. The van der Waals surface area contributed by atoms with Crippen LogP contribution in [-0.4, -0.2) is 14.2 Å². The zero-order chi connectivity index (χ0) is 13.2. The molecule has 100 valence electrons. The highest BCUT2D eigenvalue weighted by Crippen LogP contribution is 2.46. The maximum atomic E-state index is 6.47. The first-order valence-electron chi connectivity index (χ1n) is 6.57. The summed E-state index contributed by atoms with van der Waals surface area (Å²) >= 11 is 0. The molecule has 0 spiro atoms. The van der Waals surface area contributed by atoms with Gasteiger partial charge < -0.3 is 15.2 Å². The van der Waals surface area contributed by atoms with Gasteiger partial charge in [-0.25, -0.2) is 0 Å². The number of hydrogen-bond donors (Lipinski definition) is 1. The molecule has 1 aliphatic carbocycles. The molecule has 1 fully saturated rings. The van der Waals surface area contributed by atoms with Crippen molar-refractivity contribution in [2.45, 2.75) is 38.6 Å². The minimum Gasteiger partial charge on any atom is -0.497 e. The largest absolute Gasteiger partial charge is 0.497 e. The van der Waals surface area contributed by atoms with Crippen molar-refractivity contribution in [3.63, 3.8) is 0 Å². The fourth-order valence-corrected chi connectivity index (χ4v) is 2.91. The van der Waals surface area contributed by atoms with Gasteiger partial charge in [-0.1, -0.05) is 19.8 Å². The molecule has 0 amide bonds. The van der Waals surface area contributed by atoms with Crippen molar-refractivity contribution in [3.8, 4) is 11.5 Å². The Morgan fingerprint density at radius 3 is 2.00 bits per heavy atom. The lowest BCUT2D eigenvalue weighted by Crippen LogP contribution is -2.29. The molecule has 0 radical (unpaired) electrons. The van der Waals surface area contributed by atoms with E-state index in [1.165, 1.54) is 25.7 Å². The number of rotatable bonds is 4. The van der Waals surface area contributed by atoms with Gasteiger partial charge in [-0.05, 0) is 36.0 Å². The number of benzene rings is 1. The van der Waals surface area contributed by atoms with Gasteiger partial charge in [0.25, 0.3) is 0 Å². The van der Waals surface area contributed by atoms with Crippen molar-refractivity contribution in [3.05, 3.63) is 23.8 Å². The van der Waals surface area contributed by atoms with Crippen LogP contribution in [0.15, 0.2) is 18.2 Å². The molecule has 0 aliphatic heterocycles. The van der Waals surface area contributed by atoms with Crippen LogP contribution in [0, 0.1) is 5.41 Å². The van der Waals surface area contributed by atoms with Crippen molar-refractivity contribution in [1.29, 1.82) is 0 Å². The molecule has 18 heavy (non-hydrogen) atoms. The van der Waals surface area contributed by atoms with Crippen LogP contribution >= 0.6 is 0 Å². The number of ether oxygens (including phenoxy) is 2. The van der Waals surface area contributed by atoms with Crippen LogP contribution in [0.3, 0.4) is 0 Å². The van der Waals surface area contributed by atoms with E-state index in [4.69, 9.17) is 15.2 Å². The summed E-state index contributed by atoms with van der Waals surface area (Å²) in [7, 11) is 3.34. The fraction of sp³-hybridized carbons (Fsp3) is 0.600. The third-order valence-corrected chi connectivity index (χ3v) is 4.23. The number of hydrogen-bond acceptors (Lipinski definition) is 3. The highest BCUT2D eigenvalue weighted by molar-refractivity contribution is 5.40. The van der Waals surface area contributed by atoms with Crippen LogP contribution in [0.2, 0.25) is 0 Å². The highest BCUT2D eigenvalue weighted by atomic mass is 16.5. The summed E-state index contributed by atoms with van der Waals surface area (Å²) in [5, 5.41) is 0. The van der Waals surface area contributed by atoms with Crippen LogP contribution < -0.4 is 15.2 Å². The van der Waals surface area contributed by atoms with E-state index >= 15 is 0 Å². The summed E-state index contributed by atoms with van der Waals surface area (Å²) < 4.78 is 10.6. The Labute approximate surface area is 109 Å². The Kier molecular flexibility index (Phi) is 3.81. The van der Waals surface area contributed by atoms with E-state index in [1.807, 2.05) is 18.2 Å². The van der Waals surface area contributed by atoms with Gasteiger partial charge in [-0.2, -0.15) is 0 Å². The van der Waals surface area contributed by atoms with Crippen molar-refractivity contribution in [2.75, 3.05) is 14.2 Å². The minimum absolute atomic E-state index is 0.0454. The van der Waals surface area contributed by atoms with Crippen LogP contribution in [0.1, 0.15) is 44.2 Å². The average Bonchev–Trinajstić information content (AvgIpc) is 2.85. The van der Waals surface area contributed by atoms with E-state index in [9.17, 15) is 0 Å². The Morgan fingerprint density at radius 2 is 1.56 bits per heavy atom. The lowest BCUT2D eigenvalue weighted by atomic mass is 9.78. The van der Waals surface area contributed by atoms with E-state index in [1.54, 1.807) is 14.2 Å². The molecule has 3 nitrogen and oxygen atoms in total. The molecular formula is C15H23NO2. The first-order chi connectivity index (χ1) is 8.59. The van der Waals surface area contributed by atoms with E-state index in [0.717, 1.165) is 17.1 Å². The van der Waals surface area contributed by atoms with Crippen LogP contribution in [0.5, 0.6) is 11.5 Å². The van der Waals surface area contributed by atoms with Crippen molar-refractivity contribution in [2.24, 2.45) is 11.1 Å². The average molecular weight is 249 g/mol. The molecule has 1 unspecified atom stereocenters. The topological polar surface area (TPSA) is 44.5 Å². The summed E-state index contributed by atoms with van der Waals surface area (Å²) in [4.78, 5) is 0. The Balaban J connectivity index is 2.31. The van der Waals surface area contributed by atoms with Gasteiger partial charge in [-0.15, -0.1) is 0 Å². The van der Waals surface area contributed by atoms with Gasteiger partial charge in [0.15, 0.2) is 0 Å². The molecule has 0 aromatic heterocycles. The molecule has 3 heteroatoms. The summed E-state index contributed by atoms with van der Waals surface area (Å²) in [5.74, 6) is 1.61. The van der Waals surface area contributed by atoms with Crippen LogP contribution in [0.4, 0.5) is 0 Å². The van der Waals surface area contributed by atoms with Crippen molar-refractivity contribution < 1.29 is 9.47 Å². The predicted octanol–water partition coefficient (Wildman–Crippen LogP) is 3.28. The van der Waals surface area contributed by atoms with Gasteiger partial charge >= 0.3 is 0 Å². The molecule has 1 atom stereocenters. The maximum Gasteiger partial charge on any atom is 0.122 e. The Morgan fingerprint density at radius 1 is 1.06 bits per heavy atom. The number of methoxy groups -OCH3 is 2. The lowest BCUT2D eigenvalue weighted by Gasteiger charge is -2.31. The normalized spacial score (nSPS) is 19.6. The number of nitrogens with two attached hydrogens (primary N) is 1. The summed E-state index contributed by atoms with van der Waals surface area (Å²) in [6.07, 6.45) is 4.97. The Hall–Kier alpha value is -1.22. The Bertz CT molecular complexity index is 389. The van der Waals surface area contributed by atoms with Gasteiger partial charge in [0, 0.05) is 12.1 Å². The van der Waals surface area contributed by atoms with E-state index < -0.39 is 0 Å². The predicted molar refractivity (Wildman–Crippen MR) is 73.0 cm³/mol. The van der Waals surface area contributed by atoms with Gasteiger partial charge in [-0.3, -0.25) is 0 Å². The molecule has 2 N–H and O–H groups in total. The van der Waals surface area contributed by atoms with Gasteiger partial charge in [0.05, 0.1) is 14.2 Å². The van der Waals surface area contributed by atoms with Crippen molar-refractivity contribution in [1.82, 2.24) is 0 Å². The quantitative estimate of drug-likeness (QED) is 0.890.